The molecule has 0 aliphatic heterocycles. The summed E-state index contributed by atoms with van der Waals surface area (Å²) in [5.41, 5.74) is 1.40. The first-order valence-corrected chi connectivity index (χ1v) is 3.66. The Morgan fingerprint density at radius 2 is 1.60 bits per heavy atom. The average molecular weight is 130 g/mol. The lowest BCUT2D eigenvalue weighted by molar-refractivity contribution is 0.972. The molecular weight excluding hydrogens is 118 g/mol. The average Bonchev–Trinajstić information content (AvgIpc) is 1.88. The summed E-state index contributed by atoms with van der Waals surface area (Å²) in [6.07, 6.45) is 0. The van der Waals surface area contributed by atoms with E-state index in [1.165, 1.54) is 5.56 Å². The molecule has 10 heavy (non-hydrogen) atoms. The molecule has 50 valence electrons. The highest BCUT2D eigenvalue weighted by atomic mass is 14.0. The summed E-state index contributed by atoms with van der Waals surface area (Å²) in [5, 5.41) is 0.293. The summed E-state index contributed by atoms with van der Waals surface area (Å²) < 4.78 is 0. The van der Waals surface area contributed by atoms with Crippen LogP contribution < -0.4 is 0 Å². The van der Waals surface area contributed by atoms with Crippen molar-refractivity contribution in [3.05, 3.63) is 35.9 Å². The zero-order valence-electron chi connectivity index (χ0n) is 6.89. The second-order valence-electron chi connectivity index (χ2n) is 3.62. The first kappa shape index (κ1) is 7.46. The van der Waals surface area contributed by atoms with Gasteiger partial charge in [-0.05, 0) is 0 Å². The van der Waals surface area contributed by atoms with Crippen LogP contribution in [0.5, 0.6) is 0 Å². The summed E-state index contributed by atoms with van der Waals surface area (Å²) in [6, 6.07) is 10.6. The van der Waals surface area contributed by atoms with Gasteiger partial charge in [-0.3, -0.25) is 0 Å². The molecule has 0 aliphatic rings. The molecule has 1 rings (SSSR count). The fourth-order valence-corrected chi connectivity index (χ4v) is 0.938. The van der Waals surface area contributed by atoms with E-state index < -0.39 is 0 Å². The van der Waals surface area contributed by atoms with Crippen LogP contribution in [0.3, 0.4) is 0 Å². The zero-order valence-corrected chi connectivity index (χ0v) is 6.89. The van der Waals surface area contributed by atoms with Gasteiger partial charge in [0, 0.05) is 0 Å². The van der Waals surface area contributed by atoms with Crippen LogP contribution >= 0.6 is 0 Å². The quantitative estimate of drug-likeness (QED) is 0.473. The molecule has 1 aromatic rings. The highest BCUT2D eigenvalue weighted by molar-refractivity contribution is 6.39. The van der Waals surface area contributed by atoms with Gasteiger partial charge in [0.15, 0.2) is 0 Å². The third-order valence-electron chi connectivity index (χ3n) is 1.64. The molecule has 0 aliphatic carbocycles. The molecule has 0 fully saturated rings. The van der Waals surface area contributed by atoms with Gasteiger partial charge < -0.3 is 0 Å². The first-order chi connectivity index (χ1) is 4.61. The molecule has 0 aromatic heterocycles. The van der Waals surface area contributed by atoms with Gasteiger partial charge in [-0.1, -0.05) is 48.0 Å². The molecule has 0 N–H and O–H groups in total. The number of hydrogen-bond acceptors (Lipinski definition) is 0. The molecule has 0 saturated carbocycles. The Bertz CT molecular complexity index is 198. The maximum absolute atomic E-state index is 2.22. The fourth-order valence-electron chi connectivity index (χ4n) is 0.938. The minimum absolute atomic E-state index is 0.293. The van der Waals surface area contributed by atoms with Crippen molar-refractivity contribution in [1.82, 2.24) is 0 Å². The fraction of sp³-hybridized carbons (Fsp3) is 0.250. The maximum atomic E-state index is 2.22. The largest absolute Gasteiger partial charge is 0.104 e. The SMILES string of the molecule is BC(B)(C)c1ccccc1. The third kappa shape index (κ3) is 1.66. The zero-order chi connectivity index (χ0) is 7.61. The highest BCUT2D eigenvalue weighted by Crippen LogP contribution is 2.14. The molecule has 0 saturated heterocycles. The van der Waals surface area contributed by atoms with E-state index in [1.807, 2.05) is 0 Å². The summed E-state index contributed by atoms with van der Waals surface area (Å²) in [4.78, 5) is 0. The van der Waals surface area contributed by atoms with E-state index >= 15 is 0 Å². The highest BCUT2D eigenvalue weighted by Gasteiger charge is 2.11. The van der Waals surface area contributed by atoms with E-state index in [0.717, 1.165) is 0 Å². The number of rotatable bonds is 1. The van der Waals surface area contributed by atoms with Crippen molar-refractivity contribution in [2.45, 2.75) is 12.1 Å². The van der Waals surface area contributed by atoms with Crippen LogP contribution in [0.15, 0.2) is 30.3 Å². The van der Waals surface area contributed by atoms with Crippen molar-refractivity contribution in [1.29, 1.82) is 0 Å². The first-order valence-electron chi connectivity index (χ1n) is 3.66. The van der Waals surface area contributed by atoms with Crippen molar-refractivity contribution < 1.29 is 0 Å². The van der Waals surface area contributed by atoms with E-state index in [0.29, 0.717) is 5.21 Å². The third-order valence-corrected chi connectivity index (χ3v) is 1.64. The Morgan fingerprint density at radius 1 is 1.10 bits per heavy atom. The Balaban J connectivity index is 2.97. The summed E-state index contributed by atoms with van der Waals surface area (Å²) in [5.74, 6) is 0. The molecular formula is C8H12B2. The Hall–Kier alpha value is -0.650. The Morgan fingerprint density at radius 3 is 1.90 bits per heavy atom. The van der Waals surface area contributed by atoms with Gasteiger partial charge >= 0.3 is 0 Å². The summed E-state index contributed by atoms with van der Waals surface area (Å²) in [7, 11) is 4.45. The predicted octanol–water partition coefficient (Wildman–Crippen LogP) is 0.125. The van der Waals surface area contributed by atoms with Crippen molar-refractivity contribution in [3.63, 3.8) is 0 Å². The van der Waals surface area contributed by atoms with Crippen LogP contribution in [-0.2, 0) is 5.21 Å². The van der Waals surface area contributed by atoms with Crippen LogP contribution in [0.2, 0.25) is 0 Å². The number of benzene rings is 1. The second kappa shape index (κ2) is 2.53. The monoisotopic (exact) mass is 130 g/mol. The van der Waals surface area contributed by atoms with Crippen molar-refractivity contribution in [3.8, 4) is 0 Å². The lowest BCUT2D eigenvalue weighted by atomic mass is 9.52. The van der Waals surface area contributed by atoms with E-state index in [1.54, 1.807) is 0 Å². The molecule has 0 heterocycles. The lowest BCUT2D eigenvalue weighted by Crippen LogP contribution is -2.21. The lowest BCUT2D eigenvalue weighted by Gasteiger charge is -2.17. The van der Waals surface area contributed by atoms with Gasteiger partial charge in [-0.15, -0.1) is 0 Å². The minimum Gasteiger partial charge on any atom is -0.0699 e. The minimum atomic E-state index is 0.293. The number of hydrogen-bond donors (Lipinski definition) is 0. The van der Waals surface area contributed by atoms with Gasteiger partial charge in [0.2, 0.25) is 0 Å². The van der Waals surface area contributed by atoms with Gasteiger partial charge in [0.1, 0.15) is 15.7 Å². The molecule has 0 spiro atoms. The van der Waals surface area contributed by atoms with Crippen LogP contribution in [0.4, 0.5) is 0 Å². The molecule has 1 aromatic carbocycles. The standard InChI is InChI=1S/C8H12B2/c1-8(9,10)7-5-3-2-4-6-7/h2-6H,9-10H2,1H3. The van der Waals surface area contributed by atoms with Gasteiger partial charge in [-0.25, -0.2) is 0 Å². The normalized spacial score (nSPS) is 11.3. The summed E-state index contributed by atoms with van der Waals surface area (Å²) >= 11 is 0. The second-order valence-corrected chi connectivity index (χ2v) is 3.62. The van der Waals surface area contributed by atoms with Crippen molar-refractivity contribution >= 4 is 15.7 Å². The molecule has 0 radical (unpaired) electrons. The molecule has 0 unspecified atom stereocenters. The van der Waals surface area contributed by atoms with Gasteiger partial charge in [0.25, 0.3) is 0 Å². The van der Waals surface area contributed by atoms with Gasteiger partial charge in [0.05, 0.1) is 0 Å². The maximum Gasteiger partial charge on any atom is 0.104 e. The Kier molecular flexibility index (Phi) is 1.89. The van der Waals surface area contributed by atoms with E-state index in [-0.39, 0.29) is 0 Å². The summed E-state index contributed by atoms with van der Waals surface area (Å²) in [6.45, 7) is 2.22. The topological polar surface area (TPSA) is 0 Å². The van der Waals surface area contributed by atoms with E-state index in [2.05, 4.69) is 52.9 Å². The van der Waals surface area contributed by atoms with E-state index in [4.69, 9.17) is 0 Å². The van der Waals surface area contributed by atoms with Crippen LogP contribution in [0, 0.1) is 0 Å². The van der Waals surface area contributed by atoms with Crippen LogP contribution in [-0.4, -0.2) is 15.7 Å². The van der Waals surface area contributed by atoms with Crippen molar-refractivity contribution in [2.75, 3.05) is 0 Å². The molecule has 0 bridgehead atoms. The molecule has 0 amide bonds. The Labute approximate surface area is 64.5 Å². The molecule has 2 heteroatoms. The van der Waals surface area contributed by atoms with E-state index in [9.17, 15) is 0 Å². The molecule has 0 atom stereocenters. The van der Waals surface area contributed by atoms with Crippen LogP contribution in [0.1, 0.15) is 12.5 Å². The smallest absolute Gasteiger partial charge is 0.0699 e. The molecule has 0 nitrogen and oxygen atoms in total. The predicted molar refractivity (Wildman–Crippen MR) is 50.9 cm³/mol. The van der Waals surface area contributed by atoms with Gasteiger partial charge in [-0.2, -0.15) is 0 Å². The van der Waals surface area contributed by atoms with Crippen molar-refractivity contribution in [2.24, 2.45) is 0 Å². The van der Waals surface area contributed by atoms with Crippen LogP contribution in [0.25, 0.3) is 0 Å².